The summed E-state index contributed by atoms with van der Waals surface area (Å²) >= 11 is 0. The first-order valence-electron chi connectivity index (χ1n) is 8.69. The third-order valence-corrected chi connectivity index (χ3v) is 4.80. The Morgan fingerprint density at radius 3 is 2.68 bits per heavy atom. The summed E-state index contributed by atoms with van der Waals surface area (Å²) < 4.78 is 2.13. The topological polar surface area (TPSA) is 33.1 Å². The van der Waals surface area contributed by atoms with Gasteiger partial charge >= 0.3 is 0 Å². The highest BCUT2D eigenvalue weighted by Gasteiger charge is 2.20. The van der Waals surface area contributed by atoms with Crippen molar-refractivity contribution < 1.29 is 0 Å². The van der Waals surface area contributed by atoms with Crippen LogP contribution >= 0.6 is 0 Å². The Labute approximate surface area is 133 Å². The molecule has 0 atom stereocenters. The van der Waals surface area contributed by atoms with Crippen LogP contribution in [0.2, 0.25) is 0 Å². The van der Waals surface area contributed by atoms with Crippen LogP contribution in [0.4, 0.5) is 0 Å². The van der Waals surface area contributed by atoms with Crippen molar-refractivity contribution in [2.75, 3.05) is 26.2 Å². The lowest BCUT2D eigenvalue weighted by atomic mass is 9.96. The zero-order chi connectivity index (χ0) is 15.4. The Kier molecular flexibility index (Phi) is 5.11. The molecule has 1 saturated heterocycles. The summed E-state index contributed by atoms with van der Waals surface area (Å²) in [5, 5.41) is 9.64. The Bertz CT molecular complexity index is 596. The summed E-state index contributed by atoms with van der Waals surface area (Å²) in [5.41, 5.74) is 2.50. The minimum Gasteiger partial charge on any atom is -0.317 e. The summed E-state index contributed by atoms with van der Waals surface area (Å²) in [6, 6.07) is 8.61. The molecule has 0 aliphatic carbocycles. The van der Waals surface area contributed by atoms with Crippen molar-refractivity contribution in [3.8, 4) is 0 Å². The number of aryl methyl sites for hydroxylation is 1. The van der Waals surface area contributed by atoms with Gasteiger partial charge in [-0.2, -0.15) is 5.10 Å². The maximum Gasteiger partial charge on any atom is 0.0843 e. The molecule has 0 unspecified atom stereocenters. The van der Waals surface area contributed by atoms with Gasteiger partial charge in [0.2, 0.25) is 0 Å². The Morgan fingerprint density at radius 2 is 1.95 bits per heavy atom. The second-order valence-corrected chi connectivity index (χ2v) is 6.31. The molecule has 1 aliphatic heterocycles. The predicted molar refractivity (Wildman–Crippen MR) is 92.0 cm³/mol. The van der Waals surface area contributed by atoms with E-state index in [2.05, 4.69) is 53.0 Å². The Hall–Kier alpha value is -1.39. The minimum absolute atomic E-state index is 0.848. The third kappa shape index (κ3) is 3.33. The lowest BCUT2D eigenvalue weighted by molar-refractivity contribution is 0.174. The van der Waals surface area contributed by atoms with Gasteiger partial charge < -0.3 is 5.32 Å². The van der Waals surface area contributed by atoms with E-state index in [4.69, 9.17) is 5.10 Å². The van der Waals surface area contributed by atoms with Crippen LogP contribution in [0.25, 0.3) is 10.9 Å². The Balaban J connectivity index is 1.65. The quantitative estimate of drug-likeness (QED) is 0.890. The van der Waals surface area contributed by atoms with Crippen molar-refractivity contribution in [2.45, 2.75) is 39.8 Å². The van der Waals surface area contributed by atoms with E-state index in [1.165, 1.54) is 49.1 Å². The van der Waals surface area contributed by atoms with Gasteiger partial charge in [-0.15, -0.1) is 0 Å². The van der Waals surface area contributed by atoms with Gasteiger partial charge in [0.15, 0.2) is 0 Å². The van der Waals surface area contributed by atoms with Crippen LogP contribution in [0, 0.1) is 5.92 Å². The van der Waals surface area contributed by atoms with Crippen molar-refractivity contribution in [1.82, 2.24) is 20.0 Å². The van der Waals surface area contributed by atoms with Crippen LogP contribution in [0.5, 0.6) is 0 Å². The van der Waals surface area contributed by atoms with Crippen molar-refractivity contribution in [3.05, 3.63) is 30.0 Å². The fourth-order valence-electron chi connectivity index (χ4n) is 3.46. The van der Waals surface area contributed by atoms with E-state index in [-0.39, 0.29) is 0 Å². The normalized spacial score (nSPS) is 17.4. The van der Waals surface area contributed by atoms with Crippen LogP contribution in [0.15, 0.2) is 24.3 Å². The maximum absolute atomic E-state index is 4.83. The number of fused-ring (bicyclic) bond motifs is 1. The number of para-hydroxylation sites is 1. The highest BCUT2D eigenvalue weighted by atomic mass is 15.3. The zero-order valence-corrected chi connectivity index (χ0v) is 13.9. The number of nitrogens with zero attached hydrogens (tertiary/aromatic N) is 3. The summed E-state index contributed by atoms with van der Waals surface area (Å²) in [6.45, 7) is 10.9. The number of nitrogens with one attached hydrogen (secondary N) is 1. The second-order valence-electron chi connectivity index (χ2n) is 6.31. The number of likely N-dealkylation sites (tertiary alicyclic amines) is 1. The molecule has 0 saturated carbocycles. The third-order valence-electron chi connectivity index (χ3n) is 4.80. The smallest absolute Gasteiger partial charge is 0.0843 e. The van der Waals surface area contributed by atoms with Crippen molar-refractivity contribution in [1.29, 1.82) is 0 Å². The van der Waals surface area contributed by atoms with Crippen LogP contribution in [-0.2, 0) is 13.1 Å². The summed E-state index contributed by atoms with van der Waals surface area (Å²) in [4.78, 5) is 2.57. The van der Waals surface area contributed by atoms with Crippen LogP contribution in [0.3, 0.4) is 0 Å². The van der Waals surface area contributed by atoms with E-state index in [9.17, 15) is 0 Å². The summed E-state index contributed by atoms with van der Waals surface area (Å²) in [7, 11) is 0. The van der Waals surface area contributed by atoms with E-state index in [0.29, 0.717) is 0 Å². The second kappa shape index (κ2) is 7.25. The number of aromatic nitrogens is 2. The first kappa shape index (κ1) is 15.5. The molecule has 1 aliphatic rings. The van der Waals surface area contributed by atoms with Gasteiger partial charge in [0.25, 0.3) is 0 Å². The first-order valence-corrected chi connectivity index (χ1v) is 8.69. The van der Waals surface area contributed by atoms with Gasteiger partial charge in [0, 0.05) is 18.5 Å². The molecular weight excluding hydrogens is 272 g/mol. The molecule has 0 bridgehead atoms. The predicted octanol–water partition coefficient (Wildman–Crippen LogP) is 2.88. The first-order chi connectivity index (χ1) is 10.8. The Morgan fingerprint density at radius 1 is 1.18 bits per heavy atom. The minimum atomic E-state index is 0.848. The van der Waals surface area contributed by atoms with Crippen LogP contribution < -0.4 is 5.32 Å². The number of rotatable bonds is 6. The fourth-order valence-corrected chi connectivity index (χ4v) is 3.46. The van der Waals surface area contributed by atoms with E-state index in [1.54, 1.807) is 0 Å². The molecule has 0 spiro atoms. The molecule has 0 amide bonds. The van der Waals surface area contributed by atoms with Crippen LogP contribution in [0.1, 0.15) is 32.4 Å². The molecule has 4 heteroatoms. The van der Waals surface area contributed by atoms with Crippen molar-refractivity contribution >= 4 is 10.9 Å². The average molecular weight is 300 g/mol. The van der Waals surface area contributed by atoms with Gasteiger partial charge in [-0.3, -0.25) is 9.58 Å². The van der Waals surface area contributed by atoms with Crippen molar-refractivity contribution in [2.24, 2.45) is 5.92 Å². The van der Waals surface area contributed by atoms with E-state index >= 15 is 0 Å². The number of hydrogen-bond donors (Lipinski definition) is 1. The van der Waals surface area contributed by atoms with Crippen molar-refractivity contribution in [3.63, 3.8) is 0 Å². The van der Waals surface area contributed by atoms with Gasteiger partial charge in [-0.25, -0.2) is 0 Å². The molecule has 1 aromatic heterocycles. The largest absolute Gasteiger partial charge is 0.317 e. The number of benzene rings is 1. The molecule has 3 rings (SSSR count). The molecule has 120 valence electrons. The number of piperidine rings is 1. The molecular formula is C18H28N4. The van der Waals surface area contributed by atoms with E-state index in [0.717, 1.165) is 25.6 Å². The molecule has 1 N–H and O–H groups in total. The van der Waals surface area contributed by atoms with Gasteiger partial charge in [0.05, 0.1) is 11.2 Å². The highest BCUT2D eigenvalue weighted by Crippen LogP contribution is 2.23. The zero-order valence-electron chi connectivity index (χ0n) is 13.9. The van der Waals surface area contributed by atoms with Gasteiger partial charge in [0.1, 0.15) is 0 Å². The standard InChI is InChI=1S/C18H28N4/c1-3-19-13-15-9-11-21(12-10-15)14-17-16-7-5-6-8-18(16)22(4-2)20-17/h5-8,15,19H,3-4,9-14H2,1-2H3. The SMILES string of the molecule is CCNCC1CCN(Cc2nn(CC)c3ccccc23)CC1. The van der Waals surface area contributed by atoms with E-state index in [1.807, 2.05) is 0 Å². The molecule has 2 aromatic rings. The summed E-state index contributed by atoms with van der Waals surface area (Å²) in [6.07, 6.45) is 2.61. The monoisotopic (exact) mass is 300 g/mol. The molecule has 4 nitrogen and oxygen atoms in total. The number of hydrogen-bond acceptors (Lipinski definition) is 3. The molecule has 22 heavy (non-hydrogen) atoms. The molecule has 0 radical (unpaired) electrons. The molecule has 2 heterocycles. The highest BCUT2D eigenvalue weighted by molar-refractivity contribution is 5.81. The average Bonchev–Trinajstić information content (AvgIpc) is 2.92. The lowest BCUT2D eigenvalue weighted by Crippen LogP contribution is -2.37. The van der Waals surface area contributed by atoms with Gasteiger partial charge in [-0.05, 0) is 57.9 Å². The fraction of sp³-hybridized carbons (Fsp3) is 0.611. The molecule has 1 fully saturated rings. The van der Waals surface area contributed by atoms with Gasteiger partial charge in [-0.1, -0.05) is 25.1 Å². The van der Waals surface area contributed by atoms with E-state index < -0.39 is 0 Å². The molecule has 1 aromatic carbocycles. The summed E-state index contributed by atoms with van der Waals surface area (Å²) in [5.74, 6) is 0.848. The van der Waals surface area contributed by atoms with Crippen LogP contribution in [-0.4, -0.2) is 40.9 Å². The lowest BCUT2D eigenvalue weighted by Gasteiger charge is -2.31. The maximum atomic E-state index is 4.83.